The first-order valence-electron chi connectivity index (χ1n) is 7.76. The number of nitrogens with zero attached hydrogens (tertiary/aromatic N) is 2. The number of aryl methyl sites for hydroxylation is 1. The van der Waals surface area contributed by atoms with E-state index in [9.17, 15) is 9.59 Å². The van der Waals surface area contributed by atoms with Crippen LogP contribution in [0.5, 0.6) is 0 Å². The highest BCUT2D eigenvalue weighted by Gasteiger charge is 2.24. The fraction of sp³-hybridized carbons (Fsp3) is 0.529. The first-order valence-corrected chi connectivity index (χ1v) is 7.76. The maximum Gasteiger partial charge on any atom is 0.254 e. The molecule has 0 unspecified atom stereocenters. The number of hydrogen-bond acceptors (Lipinski definition) is 2. The Hall–Kier alpha value is -1.84. The summed E-state index contributed by atoms with van der Waals surface area (Å²) in [4.78, 5) is 28.2. The number of amides is 2. The molecule has 2 amide bonds. The lowest BCUT2D eigenvalue weighted by Gasteiger charge is -2.35. The van der Waals surface area contributed by atoms with Crippen molar-refractivity contribution in [1.29, 1.82) is 0 Å². The van der Waals surface area contributed by atoms with E-state index in [1.165, 1.54) is 0 Å². The van der Waals surface area contributed by atoms with Crippen LogP contribution in [0.1, 0.15) is 42.1 Å². The van der Waals surface area contributed by atoms with Crippen molar-refractivity contribution in [3.63, 3.8) is 0 Å². The normalized spacial score (nSPS) is 15.1. The molecule has 4 nitrogen and oxygen atoms in total. The van der Waals surface area contributed by atoms with E-state index in [0.29, 0.717) is 32.6 Å². The molecule has 1 aromatic carbocycles. The summed E-state index contributed by atoms with van der Waals surface area (Å²) in [5.41, 5.74) is 1.77. The number of unbranched alkanes of at least 4 members (excludes halogenated alkanes) is 1. The molecule has 1 fully saturated rings. The average molecular weight is 288 g/mol. The van der Waals surface area contributed by atoms with Crippen molar-refractivity contribution in [1.82, 2.24) is 9.80 Å². The highest BCUT2D eigenvalue weighted by atomic mass is 16.2. The van der Waals surface area contributed by atoms with E-state index < -0.39 is 0 Å². The zero-order valence-corrected chi connectivity index (χ0v) is 13.0. The lowest BCUT2D eigenvalue weighted by Crippen LogP contribution is -2.50. The van der Waals surface area contributed by atoms with Crippen LogP contribution in [0.2, 0.25) is 0 Å². The molecule has 0 aliphatic carbocycles. The second-order valence-electron chi connectivity index (χ2n) is 5.59. The molecule has 0 saturated carbocycles. The Morgan fingerprint density at radius 3 is 2.29 bits per heavy atom. The maximum absolute atomic E-state index is 12.5. The van der Waals surface area contributed by atoms with Gasteiger partial charge in [-0.3, -0.25) is 9.59 Å². The first-order chi connectivity index (χ1) is 10.1. The van der Waals surface area contributed by atoms with Crippen molar-refractivity contribution in [2.45, 2.75) is 33.1 Å². The maximum atomic E-state index is 12.5. The fourth-order valence-electron chi connectivity index (χ4n) is 2.63. The molecule has 21 heavy (non-hydrogen) atoms. The Kier molecular flexibility index (Phi) is 5.37. The van der Waals surface area contributed by atoms with Gasteiger partial charge in [-0.2, -0.15) is 0 Å². The number of hydrogen-bond donors (Lipinski definition) is 0. The minimum atomic E-state index is 0.0776. The van der Waals surface area contributed by atoms with E-state index in [1.54, 1.807) is 0 Å². The molecular weight excluding hydrogens is 264 g/mol. The standard InChI is InChI=1S/C17H24N2O2/c1-3-4-9-16(20)18-10-12-19(13-11-18)17(21)15-8-6-5-7-14(15)2/h5-8H,3-4,9-13H2,1-2H3. The number of benzene rings is 1. The molecule has 0 N–H and O–H groups in total. The van der Waals surface area contributed by atoms with Gasteiger partial charge in [0.05, 0.1) is 0 Å². The molecule has 1 heterocycles. The molecule has 1 saturated heterocycles. The molecule has 0 bridgehead atoms. The molecule has 1 aromatic rings. The number of rotatable bonds is 4. The molecule has 114 valence electrons. The van der Waals surface area contributed by atoms with Gasteiger partial charge in [0.1, 0.15) is 0 Å². The van der Waals surface area contributed by atoms with Crippen molar-refractivity contribution in [2.75, 3.05) is 26.2 Å². The van der Waals surface area contributed by atoms with Gasteiger partial charge in [-0.1, -0.05) is 31.5 Å². The zero-order chi connectivity index (χ0) is 15.2. The molecule has 2 rings (SSSR count). The van der Waals surface area contributed by atoms with Crippen LogP contribution in [-0.2, 0) is 4.79 Å². The van der Waals surface area contributed by atoms with E-state index >= 15 is 0 Å². The van der Waals surface area contributed by atoms with Crippen molar-refractivity contribution in [3.8, 4) is 0 Å². The molecule has 0 atom stereocenters. The molecule has 0 radical (unpaired) electrons. The van der Waals surface area contributed by atoms with Crippen LogP contribution in [0.4, 0.5) is 0 Å². The van der Waals surface area contributed by atoms with E-state index in [1.807, 2.05) is 41.0 Å². The Balaban J connectivity index is 1.91. The summed E-state index contributed by atoms with van der Waals surface area (Å²) in [7, 11) is 0. The minimum absolute atomic E-state index is 0.0776. The van der Waals surface area contributed by atoms with Gasteiger partial charge in [-0.15, -0.1) is 0 Å². The van der Waals surface area contributed by atoms with Crippen LogP contribution in [0.15, 0.2) is 24.3 Å². The average Bonchev–Trinajstić information content (AvgIpc) is 2.52. The third-order valence-corrected chi connectivity index (χ3v) is 4.04. The lowest BCUT2D eigenvalue weighted by molar-refractivity contribution is -0.132. The summed E-state index contributed by atoms with van der Waals surface area (Å²) in [5, 5.41) is 0. The first kappa shape index (κ1) is 15.5. The summed E-state index contributed by atoms with van der Waals surface area (Å²) in [6.07, 6.45) is 2.61. The molecular formula is C17H24N2O2. The molecule has 0 spiro atoms. The lowest BCUT2D eigenvalue weighted by atomic mass is 10.1. The number of piperazine rings is 1. The number of carbonyl (C=O) groups is 2. The third-order valence-electron chi connectivity index (χ3n) is 4.04. The van der Waals surface area contributed by atoms with E-state index in [-0.39, 0.29) is 11.8 Å². The monoisotopic (exact) mass is 288 g/mol. The van der Waals surface area contributed by atoms with Gasteiger partial charge in [0, 0.05) is 38.2 Å². The van der Waals surface area contributed by atoms with Crippen LogP contribution in [0.25, 0.3) is 0 Å². The Morgan fingerprint density at radius 1 is 1.05 bits per heavy atom. The van der Waals surface area contributed by atoms with E-state index in [0.717, 1.165) is 24.0 Å². The highest BCUT2D eigenvalue weighted by Crippen LogP contribution is 2.13. The van der Waals surface area contributed by atoms with Crippen LogP contribution in [0.3, 0.4) is 0 Å². The van der Waals surface area contributed by atoms with Crippen LogP contribution < -0.4 is 0 Å². The van der Waals surface area contributed by atoms with Gasteiger partial charge < -0.3 is 9.80 Å². The third kappa shape index (κ3) is 3.84. The topological polar surface area (TPSA) is 40.6 Å². The predicted octanol–water partition coefficient (Wildman–Crippen LogP) is 2.47. The summed E-state index contributed by atoms with van der Waals surface area (Å²) in [6.45, 7) is 6.61. The van der Waals surface area contributed by atoms with Crippen LogP contribution in [-0.4, -0.2) is 47.8 Å². The Morgan fingerprint density at radius 2 is 1.67 bits per heavy atom. The van der Waals surface area contributed by atoms with Crippen LogP contribution in [0, 0.1) is 6.92 Å². The van der Waals surface area contributed by atoms with Crippen molar-refractivity contribution < 1.29 is 9.59 Å². The Bertz CT molecular complexity index is 505. The smallest absolute Gasteiger partial charge is 0.254 e. The van der Waals surface area contributed by atoms with E-state index in [2.05, 4.69) is 6.92 Å². The summed E-state index contributed by atoms with van der Waals surface area (Å²) in [6, 6.07) is 7.66. The van der Waals surface area contributed by atoms with Crippen molar-refractivity contribution in [3.05, 3.63) is 35.4 Å². The van der Waals surface area contributed by atoms with E-state index in [4.69, 9.17) is 0 Å². The zero-order valence-electron chi connectivity index (χ0n) is 13.0. The largest absolute Gasteiger partial charge is 0.339 e. The van der Waals surface area contributed by atoms with Gasteiger partial charge in [-0.05, 0) is 25.0 Å². The van der Waals surface area contributed by atoms with Crippen LogP contribution >= 0.6 is 0 Å². The Labute approximate surface area is 126 Å². The van der Waals surface area contributed by atoms with Gasteiger partial charge in [0.15, 0.2) is 0 Å². The second-order valence-corrected chi connectivity index (χ2v) is 5.59. The minimum Gasteiger partial charge on any atom is -0.339 e. The molecule has 1 aliphatic heterocycles. The SMILES string of the molecule is CCCCC(=O)N1CCN(C(=O)c2ccccc2C)CC1. The quantitative estimate of drug-likeness (QED) is 0.854. The second kappa shape index (κ2) is 7.25. The van der Waals surface area contributed by atoms with Gasteiger partial charge in [-0.25, -0.2) is 0 Å². The molecule has 0 aromatic heterocycles. The van der Waals surface area contributed by atoms with Crippen molar-refractivity contribution >= 4 is 11.8 Å². The predicted molar refractivity (Wildman–Crippen MR) is 83.2 cm³/mol. The molecule has 1 aliphatic rings. The summed E-state index contributed by atoms with van der Waals surface area (Å²) < 4.78 is 0. The van der Waals surface area contributed by atoms with Gasteiger partial charge in [0.25, 0.3) is 5.91 Å². The molecule has 4 heteroatoms. The fourth-order valence-corrected chi connectivity index (χ4v) is 2.63. The summed E-state index contributed by atoms with van der Waals surface area (Å²) >= 11 is 0. The van der Waals surface area contributed by atoms with Gasteiger partial charge >= 0.3 is 0 Å². The highest BCUT2D eigenvalue weighted by molar-refractivity contribution is 5.95. The summed E-state index contributed by atoms with van der Waals surface area (Å²) in [5.74, 6) is 0.300. The van der Waals surface area contributed by atoms with Crippen molar-refractivity contribution in [2.24, 2.45) is 0 Å². The number of carbonyl (C=O) groups excluding carboxylic acids is 2. The van der Waals surface area contributed by atoms with Gasteiger partial charge in [0.2, 0.25) is 5.91 Å².